The second kappa shape index (κ2) is 4.43. The molecule has 0 saturated heterocycles. The monoisotopic (exact) mass is 248 g/mol. The van der Waals surface area contributed by atoms with Crippen LogP contribution in [0.1, 0.15) is 10.4 Å². The summed E-state index contributed by atoms with van der Waals surface area (Å²) in [6.07, 6.45) is 1.60. The third-order valence-corrected chi connectivity index (χ3v) is 2.64. The van der Waals surface area contributed by atoms with E-state index in [9.17, 15) is 4.79 Å². The fraction of sp³-hybridized carbons (Fsp3) is 0. The zero-order valence-corrected chi connectivity index (χ0v) is 9.48. The number of carbonyl (C=O) groups is 1. The van der Waals surface area contributed by atoms with Gasteiger partial charge in [-0.2, -0.15) is 0 Å². The predicted molar refractivity (Wildman–Crippen MR) is 66.1 cm³/mol. The molecule has 1 aromatic heterocycles. The van der Waals surface area contributed by atoms with Gasteiger partial charge in [-0.05, 0) is 24.3 Å². The second-order valence-corrected chi connectivity index (χ2v) is 3.85. The molecule has 0 aliphatic rings. The summed E-state index contributed by atoms with van der Waals surface area (Å²) in [4.78, 5) is 15.1. The number of hydrogen-bond acceptors (Lipinski definition) is 3. The molecular formula is C12H9ClN2O2. The predicted octanol–water partition coefficient (Wildman–Crippen LogP) is 2.68. The van der Waals surface area contributed by atoms with E-state index in [1.807, 2.05) is 0 Å². The first-order valence-corrected chi connectivity index (χ1v) is 5.21. The van der Waals surface area contributed by atoms with Crippen LogP contribution >= 0.6 is 11.6 Å². The highest BCUT2D eigenvalue weighted by molar-refractivity contribution is 6.33. The SMILES string of the molecule is Nc1cccnc1-c1ccc(Cl)c(C(=O)O)c1. The molecule has 0 saturated carbocycles. The van der Waals surface area contributed by atoms with Gasteiger partial charge >= 0.3 is 5.97 Å². The van der Waals surface area contributed by atoms with Crippen LogP contribution in [-0.4, -0.2) is 16.1 Å². The molecule has 0 bridgehead atoms. The number of rotatable bonds is 2. The summed E-state index contributed by atoms with van der Waals surface area (Å²) in [6, 6.07) is 8.09. The normalized spacial score (nSPS) is 10.2. The number of nitrogens with two attached hydrogens (primary N) is 1. The van der Waals surface area contributed by atoms with E-state index >= 15 is 0 Å². The number of aromatic nitrogens is 1. The highest BCUT2D eigenvalue weighted by Crippen LogP contribution is 2.27. The third-order valence-electron chi connectivity index (χ3n) is 2.31. The van der Waals surface area contributed by atoms with Crippen LogP contribution in [0.25, 0.3) is 11.3 Å². The smallest absolute Gasteiger partial charge is 0.337 e. The fourth-order valence-corrected chi connectivity index (χ4v) is 1.69. The lowest BCUT2D eigenvalue weighted by molar-refractivity contribution is 0.0697. The maximum absolute atomic E-state index is 11.0. The molecule has 4 nitrogen and oxygen atoms in total. The molecule has 1 heterocycles. The van der Waals surface area contributed by atoms with Crippen LogP contribution in [0, 0.1) is 0 Å². The quantitative estimate of drug-likeness (QED) is 0.857. The average Bonchev–Trinajstić information content (AvgIpc) is 2.30. The molecule has 0 aliphatic heterocycles. The molecular weight excluding hydrogens is 240 g/mol. The highest BCUT2D eigenvalue weighted by atomic mass is 35.5. The van der Waals surface area contributed by atoms with Crippen molar-refractivity contribution in [3.8, 4) is 11.3 Å². The van der Waals surface area contributed by atoms with Crippen molar-refractivity contribution >= 4 is 23.3 Å². The lowest BCUT2D eigenvalue weighted by atomic mass is 10.1. The number of pyridine rings is 1. The lowest BCUT2D eigenvalue weighted by Gasteiger charge is -2.06. The van der Waals surface area contributed by atoms with Crippen LogP contribution in [0.5, 0.6) is 0 Å². The first kappa shape index (κ1) is 11.4. The molecule has 5 heteroatoms. The fourth-order valence-electron chi connectivity index (χ4n) is 1.50. The Morgan fingerprint density at radius 1 is 1.35 bits per heavy atom. The first-order chi connectivity index (χ1) is 8.09. The summed E-state index contributed by atoms with van der Waals surface area (Å²) >= 11 is 5.79. The highest BCUT2D eigenvalue weighted by Gasteiger charge is 2.11. The summed E-state index contributed by atoms with van der Waals surface area (Å²) in [5.41, 5.74) is 7.48. The Labute approximate surface area is 103 Å². The Kier molecular flexibility index (Phi) is 2.97. The number of nitrogens with zero attached hydrogens (tertiary/aromatic N) is 1. The van der Waals surface area contributed by atoms with Crippen molar-refractivity contribution < 1.29 is 9.90 Å². The molecule has 0 spiro atoms. The molecule has 17 heavy (non-hydrogen) atoms. The van der Waals surface area contributed by atoms with Gasteiger partial charge < -0.3 is 10.8 Å². The van der Waals surface area contributed by atoms with Crippen molar-refractivity contribution in [3.05, 3.63) is 47.1 Å². The number of carboxylic acids is 1. The van der Waals surface area contributed by atoms with Gasteiger partial charge in [0.15, 0.2) is 0 Å². The summed E-state index contributed by atoms with van der Waals surface area (Å²) in [5, 5.41) is 9.16. The van der Waals surface area contributed by atoms with Gasteiger partial charge in [0, 0.05) is 11.8 Å². The zero-order valence-electron chi connectivity index (χ0n) is 8.72. The van der Waals surface area contributed by atoms with E-state index in [4.69, 9.17) is 22.4 Å². The van der Waals surface area contributed by atoms with E-state index in [0.717, 1.165) is 0 Å². The standard InChI is InChI=1S/C12H9ClN2O2/c13-9-4-3-7(6-8(9)12(16)17)11-10(14)2-1-5-15-11/h1-6H,14H2,(H,16,17). The minimum atomic E-state index is -1.08. The van der Waals surface area contributed by atoms with E-state index in [1.165, 1.54) is 12.1 Å². The number of hydrogen-bond donors (Lipinski definition) is 2. The van der Waals surface area contributed by atoms with Gasteiger partial charge in [-0.3, -0.25) is 4.98 Å². The van der Waals surface area contributed by atoms with Crippen molar-refractivity contribution in [2.75, 3.05) is 5.73 Å². The van der Waals surface area contributed by atoms with Gasteiger partial charge in [0.05, 0.1) is 22.0 Å². The van der Waals surface area contributed by atoms with E-state index in [-0.39, 0.29) is 10.6 Å². The summed E-state index contributed by atoms with van der Waals surface area (Å²) < 4.78 is 0. The number of halogens is 1. The molecule has 0 atom stereocenters. The third kappa shape index (κ3) is 2.21. The Morgan fingerprint density at radius 2 is 2.12 bits per heavy atom. The maximum atomic E-state index is 11.0. The Bertz CT molecular complexity index is 584. The second-order valence-electron chi connectivity index (χ2n) is 3.44. The molecule has 0 unspecified atom stereocenters. The topological polar surface area (TPSA) is 76.2 Å². The van der Waals surface area contributed by atoms with Crippen molar-refractivity contribution in [2.45, 2.75) is 0 Å². The lowest BCUT2D eigenvalue weighted by Crippen LogP contribution is -1.99. The summed E-state index contributed by atoms with van der Waals surface area (Å²) in [7, 11) is 0. The average molecular weight is 249 g/mol. The van der Waals surface area contributed by atoms with Crippen molar-refractivity contribution in [1.82, 2.24) is 4.98 Å². The zero-order chi connectivity index (χ0) is 12.4. The molecule has 0 amide bonds. The molecule has 0 radical (unpaired) electrons. The first-order valence-electron chi connectivity index (χ1n) is 4.83. The Hall–Kier alpha value is -2.07. The molecule has 2 aromatic rings. The van der Waals surface area contributed by atoms with E-state index < -0.39 is 5.97 Å². The minimum Gasteiger partial charge on any atom is -0.478 e. The van der Waals surface area contributed by atoms with E-state index in [0.29, 0.717) is 16.9 Å². The van der Waals surface area contributed by atoms with Gasteiger partial charge in [-0.15, -0.1) is 0 Å². The number of nitrogen functional groups attached to an aromatic ring is 1. The van der Waals surface area contributed by atoms with Crippen LogP contribution in [0.2, 0.25) is 5.02 Å². The van der Waals surface area contributed by atoms with Gasteiger partial charge in [0.2, 0.25) is 0 Å². The molecule has 86 valence electrons. The maximum Gasteiger partial charge on any atom is 0.337 e. The van der Waals surface area contributed by atoms with E-state index in [2.05, 4.69) is 4.98 Å². The van der Waals surface area contributed by atoms with Gasteiger partial charge in [0.25, 0.3) is 0 Å². The largest absolute Gasteiger partial charge is 0.478 e. The van der Waals surface area contributed by atoms with Crippen molar-refractivity contribution in [3.63, 3.8) is 0 Å². The van der Waals surface area contributed by atoms with Crippen LogP contribution in [0.3, 0.4) is 0 Å². The van der Waals surface area contributed by atoms with Gasteiger partial charge in [-0.25, -0.2) is 4.79 Å². The van der Waals surface area contributed by atoms with Crippen LogP contribution in [-0.2, 0) is 0 Å². The van der Waals surface area contributed by atoms with Crippen LogP contribution in [0.4, 0.5) is 5.69 Å². The molecule has 1 aromatic carbocycles. The molecule has 2 rings (SSSR count). The number of aromatic carboxylic acids is 1. The molecule has 3 N–H and O–H groups in total. The summed E-state index contributed by atoms with van der Waals surface area (Å²) in [6.45, 7) is 0. The Morgan fingerprint density at radius 3 is 2.76 bits per heavy atom. The van der Waals surface area contributed by atoms with Crippen molar-refractivity contribution in [1.29, 1.82) is 0 Å². The number of anilines is 1. The van der Waals surface area contributed by atoms with Gasteiger partial charge in [-0.1, -0.05) is 17.7 Å². The number of benzene rings is 1. The van der Waals surface area contributed by atoms with E-state index in [1.54, 1.807) is 24.4 Å². The molecule has 0 fully saturated rings. The van der Waals surface area contributed by atoms with Crippen molar-refractivity contribution in [2.24, 2.45) is 0 Å². The Balaban J connectivity index is 2.58. The summed E-state index contributed by atoms with van der Waals surface area (Å²) in [5.74, 6) is -1.08. The van der Waals surface area contributed by atoms with Gasteiger partial charge in [0.1, 0.15) is 0 Å². The van der Waals surface area contributed by atoms with Crippen LogP contribution < -0.4 is 5.73 Å². The van der Waals surface area contributed by atoms with Crippen LogP contribution in [0.15, 0.2) is 36.5 Å². The minimum absolute atomic E-state index is 0.0363. The molecule has 0 aliphatic carbocycles. The number of carboxylic acid groups (broad SMARTS) is 1.